The molecule has 2 fully saturated rings. The van der Waals surface area contributed by atoms with Crippen molar-refractivity contribution in [2.45, 2.75) is 44.8 Å². The molecule has 2 aliphatic rings. The van der Waals surface area contributed by atoms with Crippen LogP contribution in [-0.4, -0.2) is 58.2 Å². The highest BCUT2D eigenvalue weighted by molar-refractivity contribution is 5.79. The van der Waals surface area contributed by atoms with Crippen LogP contribution in [0.2, 0.25) is 0 Å². The van der Waals surface area contributed by atoms with Crippen LogP contribution in [0.3, 0.4) is 0 Å². The number of aromatic nitrogens is 1. The molecule has 1 aromatic heterocycles. The van der Waals surface area contributed by atoms with Crippen molar-refractivity contribution in [2.24, 2.45) is 0 Å². The summed E-state index contributed by atoms with van der Waals surface area (Å²) in [4.78, 5) is 20.1. The van der Waals surface area contributed by atoms with Crippen molar-refractivity contribution < 1.29 is 5.11 Å². The summed E-state index contributed by atoms with van der Waals surface area (Å²) in [6, 6.07) is 8.12. The first-order valence-corrected chi connectivity index (χ1v) is 9.80. The molecule has 2 N–H and O–H groups in total. The van der Waals surface area contributed by atoms with Crippen LogP contribution < -0.4 is 5.56 Å². The zero-order chi connectivity index (χ0) is 18.1. The monoisotopic (exact) mass is 355 g/mol. The Morgan fingerprint density at radius 2 is 1.81 bits per heavy atom. The quantitative estimate of drug-likeness (QED) is 0.883. The number of hydrogen-bond acceptors (Lipinski definition) is 4. The number of H-pyrrole nitrogens is 1. The number of pyridine rings is 1. The third kappa shape index (κ3) is 3.85. The number of aliphatic hydroxyl groups is 1. The number of likely N-dealkylation sites (tertiary alicyclic amines) is 2. The molecule has 0 spiro atoms. The van der Waals surface area contributed by atoms with Gasteiger partial charge in [0.15, 0.2) is 0 Å². The molecule has 0 radical (unpaired) electrons. The van der Waals surface area contributed by atoms with Crippen molar-refractivity contribution >= 4 is 10.9 Å². The number of nitrogens with zero attached hydrogens (tertiary/aromatic N) is 2. The number of nitrogens with one attached hydrogen (secondary N) is 1. The van der Waals surface area contributed by atoms with Gasteiger partial charge in [0.2, 0.25) is 0 Å². The zero-order valence-corrected chi connectivity index (χ0v) is 15.6. The number of hydrogen-bond donors (Lipinski definition) is 2. The maximum Gasteiger partial charge on any atom is 0.252 e. The van der Waals surface area contributed by atoms with E-state index in [9.17, 15) is 9.90 Å². The van der Waals surface area contributed by atoms with Gasteiger partial charge in [-0.05, 0) is 69.3 Å². The molecule has 2 aliphatic heterocycles. The number of benzene rings is 1. The maximum absolute atomic E-state index is 12.4. The lowest BCUT2D eigenvalue weighted by Crippen LogP contribution is -2.50. The van der Waals surface area contributed by atoms with E-state index in [1.807, 2.05) is 18.2 Å². The van der Waals surface area contributed by atoms with Crippen LogP contribution >= 0.6 is 0 Å². The summed E-state index contributed by atoms with van der Waals surface area (Å²) in [5, 5.41) is 12.0. The molecule has 0 atom stereocenters. The fraction of sp³-hybridized carbons (Fsp3) is 0.571. The third-order valence-corrected chi connectivity index (χ3v) is 5.97. The largest absolute Gasteiger partial charge is 0.388 e. The summed E-state index contributed by atoms with van der Waals surface area (Å²) in [5.74, 6) is 0. The fourth-order valence-electron chi connectivity index (χ4n) is 4.37. The number of aryl methyl sites for hydroxylation is 1. The summed E-state index contributed by atoms with van der Waals surface area (Å²) >= 11 is 0. The predicted molar refractivity (Wildman–Crippen MR) is 104 cm³/mol. The van der Waals surface area contributed by atoms with Crippen molar-refractivity contribution in [1.29, 1.82) is 0 Å². The fourth-order valence-corrected chi connectivity index (χ4v) is 4.37. The minimum atomic E-state index is -0.562. The van der Waals surface area contributed by atoms with Crippen LogP contribution in [0.4, 0.5) is 0 Å². The summed E-state index contributed by atoms with van der Waals surface area (Å²) in [7, 11) is 0. The lowest BCUT2D eigenvalue weighted by molar-refractivity contribution is -0.0430. The number of piperidine rings is 1. The van der Waals surface area contributed by atoms with Crippen LogP contribution in [0.1, 0.15) is 36.8 Å². The Morgan fingerprint density at radius 1 is 1.08 bits per heavy atom. The van der Waals surface area contributed by atoms with Crippen LogP contribution in [0.5, 0.6) is 0 Å². The molecule has 4 rings (SSSR count). The van der Waals surface area contributed by atoms with E-state index in [0.717, 1.165) is 62.0 Å². The molecular formula is C21H29N3O2. The first-order valence-electron chi connectivity index (χ1n) is 9.80. The second kappa shape index (κ2) is 7.14. The van der Waals surface area contributed by atoms with Crippen molar-refractivity contribution in [3.8, 4) is 0 Å². The highest BCUT2D eigenvalue weighted by Crippen LogP contribution is 2.26. The summed E-state index contributed by atoms with van der Waals surface area (Å²) in [5.41, 5.74) is 2.34. The molecule has 1 aromatic carbocycles. The molecular weight excluding hydrogens is 326 g/mol. The van der Waals surface area contributed by atoms with Crippen molar-refractivity contribution in [3.63, 3.8) is 0 Å². The molecule has 0 amide bonds. The van der Waals surface area contributed by atoms with Crippen LogP contribution in [-0.2, 0) is 6.54 Å². The molecule has 5 heteroatoms. The van der Waals surface area contributed by atoms with Crippen molar-refractivity contribution in [1.82, 2.24) is 14.8 Å². The van der Waals surface area contributed by atoms with Gasteiger partial charge in [-0.25, -0.2) is 0 Å². The van der Waals surface area contributed by atoms with E-state index in [1.165, 1.54) is 18.4 Å². The molecule has 0 unspecified atom stereocenters. The van der Waals surface area contributed by atoms with E-state index in [4.69, 9.17) is 0 Å². The first kappa shape index (κ1) is 17.7. The van der Waals surface area contributed by atoms with Gasteiger partial charge in [-0.3, -0.25) is 9.69 Å². The van der Waals surface area contributed by atoms with E-state index < -0.39 is 5.60 Å². The molecule has 0 saturated carbocycles. The smallest absolute Gasteiger partial charge is 0.252 e. The molecule has 3 heterocycles. The highest BCUT2D eigenvalue weighted by Gasteiger charge is 2.34. The summed E-state index contributed by atoms with van der Waals surface area (Å²) in [6.07, 6.45) is 4.08. The minimum absolute atomic E-state index is 0.000690. The number of β-amino-alcohol motifs (C(OH)–C–C–N with tert-alkyl or cyclic N) is 1. The second-order valence-electron chi connectivity index (χ2n) is 8.20. The van der Waals surface area contributed by atoms with E-state index in [-0.39, 0.29) is 5.56 Å². The van der Waals surface area contributed by atoms with E-state index in [2.05, 4.69) is 27.8 Å². The lowest BCUT2D eigenvalue weighted by atomic mass is 9.90. The second-order valence-corrected chi connectivity index (χ2v) is 8.20. The Kier molecular flexibility index (Phi) is 4.86. The van der Waals surface area contributed by atoms with Gasteiger partial charge in [-0.2, -0.15) is 0 Å². The van der Waals surface area contributed by atoms with Gasteiger partial charge in [-0.1, -0.05) is 11.6 Å². The van der Waals surface area contributed by atoms with Crippen molar-refractivity contribution in [3.05, 3.63) is 45.7 Å². The summed E-state index contributed by atoms with van der Waals surface area (Å²) < 4.78 is 0. The summed E-state index contributed by atoms with van der Waals surface area (Å²) in [6.45, 7) is 7.45. The number of rotatable bonds is 4. The van der Waals surface area contributed by atoms with Crippen molar-refractivity contribution in [2.75, 3.05) is 32.7 Å². The Labute approximate surface area is 154 Å². The molecule has 5 nitrogen and oxygen atoms in total. The molecule has 26 heavy (non-hydrogen) atoms. The van der Waals surface area contributed by atoms with Gasteiger partial charge in [0.1, 0.15) is 0 Å². The number of fused-ring (bicyclic) bond motifs is 1. The standard InChI is InChI=1S/C21H29N3O2/c1-16-4-5-19-17(12-16)13-18(20(25)22-19)14-23-10-6-21(26,7-11-23)15-24-8-2-3-9-24/h4-5,12-13,26H,2-3,6-11,14-15H2,1H3,(H,22,25). The average molecular weight is 355 g/mol. The molecule has 140 valence electrons. The Hall–Kier alpha value is -1.69. The van der Waals surface area contributed by atoms with Gasteiger partial charge in [0, 0.05) is 37.3 Å². The highest BCUT2D eigenvalue weighted by atomic mass is 16.3. The van der Waals surface area contributed by atoms with Crippen LogP contribution in [0.25, 0.3) is 10.9 Å². The van der Waals surface area contributed by atoms with Gasteiger partial charge < -0.3 is 15.0 Å². The predicted octanol–water partition coefficient (Wildman–Crippen LogP) is 2.26. The number of aromatic amines is 1. The topological polar surface area (TPSA) is 59.6 Å². The van der Waals surface area contributed by atoms with Gasteiger partial charge in [-0.15, -0.1) is 0 Å². The normalized spacial score (nSPS) is 21.5. The van der Waals surface area contributed by atoms with Crippen LogP contribution in [0, 0.1) is 6.92 Å². The zero-order valence-electron chi connectivity index (χ0n) is 15.6. The third-order valence-electron chi connectivity index (χ3n) is 5.97. The maximum atomic E-state index is 12.4. The first-order chi connectivity index (χ1) is 12.5. The molecule has 0 aliphatic carbocycles. The van der Waals surface area contributed by atoms with E-state index in [1.54, 1.807) is 0 Å². The minimum Gasteiger partial charge on any atom is -0.388 e. The Morgan fingerprint density at radius 3 is 2.54 bits per heavy atom. The molecule has 2 aromatic rings. The van der Waals surface area contributed by atoms with E-state index in [0.29, 0.717) is 6.54 Å². The van der Waals surface area contributed by atoms with Gasteiger partial charge in [0.25, 0.3) is 5.56 Å². The SMILES string of the molecule is Cc1ccc2[nH]c(=O)c(CN3CCC(O)(CN4CCCC4)CC3)cc2c1. The van der Waals surface area contributed by atoms with Crippen LogP contribution in [0.15, 0.2) is 29.1 Å². The Bertz CT molecular complexity index is 831. The lowest BCUT2D eigenvalue weighted by Gasteiger charge is -2.40. The van der Waals surface area contributed by atoms with Gasteiger partial charge in [0.05, 0.1) is 5.60 Å². The average Bonchev–Trinajstić information content (AvgIpc) is 3.10. The van der Waals surface area contributed by atoms with Gasteiger partial charge >= 0.3 is 0 Å². The Balaban J connectivity index is 1.41. The molecule has 2 saturated heterocycles. The molecule has 0 bridgehead atoms. The van der Waals surface area contributed by atoms with E-state index >= 15 is 0 Å².